The van der Waals surface area contributed by atoms with E-state index in [9.17, 15) is 9.59 Å². The average molecular weight is 428 g/mol. The van der Waals surface area contributed by atoms with Crippen LogP contribution in [-0.2, 0) is 16.0 Å². The van der Waals surface area contributed by atoms with Gasteiger partial charge in [-0.2, -0.15) is 0 Å². The number of anilines is 1. The lowest BCUT2D eigenvalue weighted by Gasteiger charge is -2.31. The first-order valence-electron chi connectivity index (χ1n) is 9.68. The maximum atomic E-state index is 12.7. The first-order valence-corrected chi connectivity index (χ1v) is 10.9. The van der Waals surface area contributed by atoms with Gasteiger partial charge in [0.25, 0.3) is 0 Å². The van der Waals surface area contributed by atoms with Gasteiger partial charge in [-0.15, -0.1) is 11.3 Å². The number of piperidine rings is 1. The molecule has 0 radical (unpaired) electrons. The number of fused-ring (bicyclic) bond motifs is 1. The minimum Gasteiger partial charge on any atom is -0.342 e. The number of rotatable bonds is 4. The second kappa shape index (κ2) is 8.51. The summed E-state index contributed by atoms with van der Waals surface area (Å²) >= 11 is 7.79. The van der Waals surface area contributed by atoms with Crippen molar-refractivity contribution in [1.82, 2.24) is 9.88 Å². The van der Waals surface area contributed by atoms with E-state index >= 15 is 0 Å². The Kier molecular flexibility index (Phi) is 5.83. The molecule has 150 valence electrons. The topological polar surface area (TPSA) is 62.3 Å². The van der Waals surface area contributed by atoms with E-state index in [1.807, 2.05) is 47.4 Å². The molecule has 0 unspecified atom stereocenters. The van der Waals surface area contributed by atoms with Crippen LogP contribution in [0.3, 0.4) is 0 Å². The van der Waals surface area contributed by atoms with Crippen LogP contribution in [0.25, 0.3) is 10.2 Å². The molecule has 1 aliphatic rings. The molecule has 7 heteroatoms. The summed E-state index contributed by atoms with van der Waals surface area (Å²) in [7, 11) is 0. The maximum Gasteiger partial charge on any atom is 0.226 e. The van der Waals surface area contributed by atoms with Crippen molar-refractivity contribution in [2.45, 2.75) is 32.1 Å². The number of nitrogens with one attached hydrogen (secondary N) is 1. The Morgan fingerprint density at radius 1 is 1.17 bits per heavy atom. The number of thiazole rings is 1. The van der Waals surface area contributed by atoms with Crippen LogP contribution in [0.1, 0.15) is 36.3 Å². The summed E-state index contributed by atoms with van der Waals surface area (Å²) in [6.07, 6.45) is 2.24. The highest BCUT2D eigenvalue weighted by atomic mass is 35.5. The molecule has 0 bridgehead atoms. The van der Waals surface area contributed by atoms with Crippen molar-refractivity contribution in [1.29, 1.82) is 0 Å². The standard InChI is InChI=1S/C22H22ClN3O2S/c1-14(27)24-18-5-2-15(3-6-18)12-21(28)26-10-8-16(9-11-26)22-25-19-13-17(23)4-7-20(19)29-22/h2-7,13,16H,8-12H2,1H3,(H,24,27). The molecule has 1 fully saturated rings. The molecule has 2 aromatic carbocycles. The predicted octanol–water partition coefficient (Wildman–Crippen LogP) is 4.86. The molecular formula is C22H22ClN3O2S. The van der Waals surface area contributed by atoms with Gasteiger partial charge < -0.3 is 10.2 Å². The van der Waals surface area contributed by atoms with Gasteiger partial charge in [-0.1, -0.05) is 23.7 Å². The monoisotopic (exact) mass is 427 g/mol. The van der Waals surface area contributed by atoms with Gasteiger partial charge in [-0.3, -0.25) is 9.59 Å². The van der Waals surface area contributed by atoms with Crippen molar-refractivity contribution in [3.05, 3.63) is 58.1 Å². The third-order valence-electron chi connectivity index (χ3n) is 5.19. The van der Waals surface area contributed by atoms with Crippen LogP contribution in [0, 0.1) is 0 Å². The van der Waals surface area contributed by atoms with Crippen LogP contribution < -0.4 is 5.32 Å². The number of likely N-dealkylation sites (tertiary alicyclic amines) is 1. The Bertz CT molecular complexity index is 1040. The van der Waals surface area contributed by atoms with Crippen molar-refractivity contribution >= 4 is 50.7 Å². The number of benzene rings is 2. The Morgan fingerprint density at radius 2 is 1.90 bits per heavy atom. The van der Waals surface area contributed by atoms with Gasteiger partial charge in [0.15, 0.2) is 0 Å². The molecule has 2 amide bonds. The molecule has 29 heavy (non-hydrogen) atoms. The Labute approximate surface area is 178 Å². The Hall–Kier alpha value is -2.44. The summed E-state index contributed by atoms with van der Waals surface area (Å²) in [6.45, 7) is 2.98. The minimum absolute atomic E-state index is 0.104. The Morgan fingerprint density at radius 3 is 2.59 bits per heavy atom. The molecule has 0 spiro atoms. The van der Waals surface area contributed by atoms with Crippen LogP contribution in [0.15, 0.2) is 42.5 Å². The van der Waals surface area contributed by atoms with Gasteiger partial charge in [0.2, 0.25) is 11.8 Å². The second-order valence-electron chi connectivity index (χ2n) is 7.37. The van der Waals surface area contributed by atoms with Gasteiger partial charge >= 0.3 is 0 Å². The maximum absolute atomic E-state index is 12.7. The summed E-state index contributed by atoms with van der Waals surface area (Å²) in [6, 6.07) is 13.3. The van der Waals surface area contributed by atoms with E-state index in [2.05, 4.69) is 5.32 Å². The predicted molar refractivity (Wildman–Crippen MR) is 118 cm³/mol. The zero-order valence-corrected chi connectivity index (χ0v) is 17.7. The molecule has 0 aliphatic carbocycles. The smallest absolute Gasteiger partial charge is 0.226 e. The highest BCUT2D eigenvalue weighted by Gasteiger charge is 2.26. The quantitative estimate of drug-likeness (QED) is 0.646. The molecule has 4 rings (SSSR count). The van der Waals surface area contributed by atoms with Gasteiger partial charge in [0.05, 0.1) is 21.6 Å². The van der Waals surface area contributed by atoms with Crippen molar-refractivity contribution in [3.63, 3.8) is 0 Å². The minimum atomic E-state index is -0.104. The number of carbonyl (C=O) groups is 2. The van der Waals surface area contributed by atoms with Gasteiger partial charge in [-0.05, 0) is 48.7 Å². The number of hydrogen-bond donors (Lipinski definition) is 1. The average Bonchev–Trinajstić information content (AvgIpc) is 3.12. The van der Waals surface area contributed by atoms with Crippen molar-refractivity contribution < 1.29 is 9.59 Å². The molecule has 2 heterocycles. The Balaban J connectivity index is 1.33. The van der Waals surface area contributed by atoms with Crippen molar-refractivity contribution in [2.75, 3.05) is 18.4 Å². The summed E-state index contributed by atoms with van der Waals surface area (Å²) in [4.78, 5) is 30.5. The fourth-order valence-corrected chi connectivity index (χ4v) is 4.95. The first-order chi connectivity index (χ1) is 14.0. The van der Waals surface area contributed by atoms with E-state index in [1.54, 1.807) is 11.3 Å². The molecule has 3 aromatic rings. The fourth-order valence-electron chi connectivity index (χ4n) is 3.66. The zero-order chi connectivity index (χ0) is 20.4. The lowest BCUT2D eigenvalue weighted by molar-refractivity contribution is -0.131. The molecule has 1 aliphatic heterocycles. The van der Waals surface area contributed by atoms with E-state index in [1.165, 1.54) is 6.92 Å². The van der Waals surface area contributed by atoms with Crippen molar-refractivity contribution in [3.8, 4) is 0 Å². The van der Waals surface area contributed by atoms with Crippen LogP contribution in [0.2, 0.25) is 5.02 Å². The normalized spacial score (nSPS) is 14.9. The van der Waals surface area contributed by atoms with Gasteiger partial charge in [-0.25, -0.2) is 4.98 Å². The van der Waals surface area contributed by atoms with Crippen molar-refractivity contribution in [2.24, 2.45) is 0 Å². The van der Waals surface area contributed by atoms with E-state index in [4.69, 9.17) is 16.6 Å². The number of amides is 2. The van der Waals surface area contributed by atoms with E-state index < -0.39 is 0 Å². The second-order valence-corrected chi connectivity index (χ2v) is 8.87. The molecule has 0 saturated carbocycles. The number of hydrogen-bond acceptors (Lipinski definition) is 4. The van der Waals surface area contributed by atoms with Crippen LogP contribution in [0.5, 0.6) is 0 Å². The molecule has 1 aromatic heterocycles. The van der Waals surface area contributed by atoms with Crippen LogP contribution >= 0.6 is 22.9 Å². The molecule has 1 saturated heterocycles. The summed E-state index contributed by atoms with van der Waals surface area (Å²) in [5.41, 5.74) is 2.65. The largest absolute Gasteiger partial charge is 0.342 e. The highest BCUT2D eigenvalue weighted by Crippen LogP contribution is 2.34. The first kappa shape index (κ1) is 19.9. The summed E-state index contributed by atoms with van der Waals surface area (Å²) in [5.74, 6) is 0.437. The highest BCUT2D eigenvalue weighted by molar-refractivity contribution is 7.18. The lowest BCUT2D eigenvalue weighted by atomic mass is 9.97. The third-order valence-corrected chi connectivity index (χ3v) is 6.63. The molecule has 5 nitrogen and oxygen atoms in total. The number of carbonyl (C=O) groups excluding carboxylic acids is 2. The number of halogens is 1. The number of nitrogens with zero attached hydrogens (tertiary/aromatic N) is 2. The number of aromatic nitrogens is 1. The lowest BCUT2D eigenvalue weighted by Crippen LogP contribution is -2.38. The van der Waals surface area contributed by atoms with E-state index in [0.29, 0.717) is 17.4 Å². The third kappa shape index (κ3) is 4.77. The molecular weight excluding hydrogens is 406 g/mol. The van der Waals surface area contributed by atoms with Gasteiger partial charge in [0.1, 0.15) is 0 Å². The van der Waals surface area contributed by atoms with Gasteiger partial charge in [0, 0.05) is 36.6 Å². The van der Waals surface area contributed by atoms with E-state index in [-0.39, 0.29) is 11.8 Å². The molecule has 1 N–H and O–H groups in total. The zero-order valence-electron chi connectivity index (χ0n) is 16.2. The molecule has 0 atom stereocenters. The summed E-state index contributed by atoms with van der Waals surface area (Å²) < 4.78 is 1.16. The van der Waals surface area contributed by atoms with E-state index in [0.717, 1.165) is 52.4 Å². The van der Waals surface area contributed by atoms with Crippen LogP contribution in [0.4, 0.5) is 5.69 Å². The fraction of sp³-hybridized carbons (Fsp3) is 0.318. The van der Waals surface area contributed by atoms with Crippen LogP contribution in [-0.4, -0.2) is 34.8 Å². The summed E-state index contributed by atoms with van der Waals surface area (Å²) in [5, 5.41) is 4.58. The SMILES string of the molecule is CC(=O)Nc1ccc(CC(=O)N2CCC(c3nc4cc(Cl)ccc4s3)CC2)cc1.